The fraction of sp³-hybridized carbons (Fsp3) is 0.636. The molecule has 0 radical (unpaired) electrons. The van der Waals surface area contributed by atoms with Gasteiger partial charge < -0.3 is 10.1 Å². The van der Waals surface area contributed by atoms with Crippen LogP contribution >= 0.6 is 11.8 Å². The van der Waals surface area contributed by atoms with E-state index in [1.54, 1.807) is 0 Å². The van der Waals surface area contributed by atoms with E-state index in [4.69, 9.17) is 4.74 Å². The van der Waals surface area contributed by atoms with Crippen molar-refractivity contribution in [2.24, 2.45) is 0 Å². The van der Waals surface area contributed by atoms with Gasteiger partial charge >= 0.3 is 5.69 Å². The summed E-state index contributed by atoms with van der Waals surface area (Å²) in [5, 5.41) is 14.1. The van der Waals surface area contributed by atoms with Gasteiger partial charge in [0.1, 0.15) is 6.33 Å². The lowest BCUT2D eigenvalue weighted by molar-refractivity contribution is -0.385. The molecule has 0 fully saturated rings. The lowest BCUT2D eigenvalue weighted by Gasteiger charge is -2.14. The average Bonchev–Trinajstić information content (AvgIpc) is 2.38. The van der Waals surface area contributed by atoms with E-state index >= 15 is 0 Å². The summed E-state index contributed by atoms with van der Waals surface area (Å²) in [6.07, 6.45) is 2.16. The summed E-state index contributed by atoms with van der Waals surface area (Å²) in [7, 11) is 1.35. The molecule has 1 rings (SSSR count). The van der Waals surface area contributed by atoms with E-state index in [-0.39, 0.29) is 23.4 Å². The molecule has 1 aromatic rings. The number of ether oxygens (including phenoxy) is 1. The highest BCUT2D eigenvalue weighted by atomic mass is 32.2. The van der Waals surface area contributed by atoms with Crippen LogP contribution in [-0.4, -0.2) is 39.5 Å². The Bertz CT molecular complexity index is 430. The van der Waals surface area contributed by atoms with Crippen molar-refractivity contribution < 1.29 is 9.66 Å². The second-order valence-electron chi connectivity index (χ2n) is 3.87. The predicted octanol–water partition coefficient (Wildman–Crippen LogP) is 2.34. The van der Waals surface area contributed by atoms with Gasteiger partial charge in [-0.1, -0.05) is 6.92 Å². The quantitative estimate of drug-likeness (QED) is 0.445. The number of hydrogen-bond acceptors (Lipinski definition) is 7. The number of anilines is 1. The Hall–Kier alpha value is -1.57. The molecular weight excluding hydrogens is 268 g/mol. The van der Waals surface area contributed by atoms with E-state index in [1.807, 2.05) is 18.7 Å². The molecule has 19 heavy (non-hydrogen) atoms. The van der Waals surface area contributed by atoms with E-state index < -0.39 is 4.92 Å². The molecule has 0 aliphatic carbocycles. The standard InChI is InChI=1S/C11H18N4O3S/c1-4-19-6-5-8(2)14-10-9(15(16)17)11(18-3)13-7-12-10/h7-8H,4-6H2,1-3H3,(H,12,13,14). The molecule has 0 amide bonds. The van der Waals surface area contributed by atoms with Gasteiger partial charge in [0.25, 0.3) is 5.88 Å². The summed E-state index contributed by atoms with van der Waals surface area (Å²) in [6.45, 7) is 4.07. The summed E-state index contributed by atoms with van der Waals surface area (Å²) in [6, 6.07) is 0.0948. The number of nitro groups is 1. The highest BCUT2D eigenvalue weighted by molar-refractivity contribution is 7.99. The number of nitrogens with zero attached hydrogens (tertiary/aromatic N) is 3. The molecule has 0 aliphatic rings. The average molecular weight is 286 g/mol. The highest BCUT2D eigenvalue weighted by Crippen LogP contribution is 2.30. The van der Waals surface area contributed by atoms with Crippen LogP contribution < -0.4 is 10.1 Å². The molecule has 1 aromatic heterocycles. The first-order valence-corrected chi connectivity index (χ1v) is 7.13. The van der Waals surface area contributed by atoms with E-state index in [9.17, 15) is 10.1 Å². The predicted molar refractivity (Wildman–Crippen MR) is 75.9 cm³/mol. The van der Waals surface area contributed by atoms with Crippen molar-refractivity contribution in [3.63, 3.8) is 0 Å². The van der Waals surface area contributed by atoms with Crippen LogP contribution in [0.25, 0.3) is 0 Å². The Morgan fingerprint density at radius 2 is 2.32 bits per heavy atom. The largest absolute Gasteiger partial charge is 0.476 e. The molecule has 1 N–H and O–H groups in total. The van der Waals surface area contributed by atoms with Crippen molar-refractivity contribution in [2.75, 3.05) is 23.9 Å². The Balaban J connectivity index is 2.79. The zero-order valence-electron chi connectivity index (χ0n) is 11.3. The molecule has 1 atom stereocenters. The first kappa shape index (κ1) is 15.5. The number of aromatic nitrogens is 2. The van der Waals surface area contributed by atoms with Crippen LogP contribution in [0.5, 0.6) is 5.88 Å². The van der Waals surface area contributed by atoms with Crippen LogP contribution in [0.1, 0.15) is 20.3 Å². The van der Waals surface area contributed by atoms with Gasteiger partial charge in [-0.15, -0.1) is 0 Å². The van der Waals surface area contributed by atoms with Crippen LogP contribution in [0.2, 0.25) is 0 Å². The SMILES string of the molecule is CCSCCC(C)Nc1ncnc(OC)c1[N+](=O)[O-]. The summed E-state index contributed by atoms with van der Waals surface area (Å²) in [5.74, 6) is 2.23. The Kier molecular flexibility index (Phi) is 6.34. The Morgan fingerprint density at radius 1 is 1.58 bits per heavy atom. The van der Waals surface area contributed by atoms with Crippen molar-refractivity contribution in [1.29, 1.82) is 0 Å². The maximum Gasteiger partial charge on any atom is 0.372 e. The van der Waals surface area contributed by atoms with Crippen molar-refractivity contribution in [2.45, 2.75) is 26.3 Å². The van der Waals surface area contributed by atoms with E-state index in [0.717, 1.165) is 17.9 Å². The number of nitrogens with one attached hydrogen (secondary N) is 1. The molecule has 0 saturated heterocycles. The van der Waals surface area contributed by atoms with Gasteiger partial charge in [-0.25, -0.2) is 4.98 Å². The van der Waals surface area contributed by atoms with Gasteiger partial charge in [-0.2, -0.15) is 16.7 Å². The lowest BCUT2D eigenvalue weighted by Crippen LogP contribution is -2.18. The summed E-state index contributed by atoms with van der Waals surface area (Å²) >= 11 is 1.83. The third kappa shape index (κ3) is 4.55. The van der Waals surface area contributed by atoms with E-state index in [0.29, 0.717) is 0 Å². The van der Waals surface area contributed by atoms with Crippen LogP contribution in [0, 0.1) is 10.1 Å². The van der Waals surface area contributed by atoms with Gasteiger partial charge in [-0.3, -0.25) is 10.1 Å². The van der Waals surface area contributed by atoms with Gasteiger partial charge in [0.05, 0.1) is 12.0 Å². The lowest BCUT2D eigenvalue weighted by atomic mass is 10.2. The molecule has 7 nitrogen and oxygen atoms in total. The fourth-order valence-corrected chi connectivity index (χ4v) is 2.30. The number of hydrogen-bond donors (Lipinski definition) is 1. The number of methoxy groups -OCH3 is 1. The van der Waals surface area contributed by atoms with Gasteiger partial charge in [0.15, 0.2) is 0 Å². The normalized spacial score (nSPS) is 11.9. The zero-order chi connectivity index (χ0) is 14.3. The van der Waals surface area contributed by atoms with Gasteiger partial charge in [-0.05, 0) is 24.9 Å². The molecule has 8 heteroatoms. The minimum Gasteiger partial charge on any atom is -0.476 e. The molecule has 1 heterocycles. The van der Waals surface area contributed by atoms with Gasteiger partial charge in [0.2, 0.25) is 5.82 Å². The second-order valence-corrected chi connectivity index (χ2v) is 5.26. The van der Waals surface area contributed by atoms with Gasteiger partial charge in [0, 0.05) is 6.04 Å². The third-order valence-electron chi connectivity index (χ3n) is 2.45. The van der Waals surface area contributed by atoms with Crippen molar-refractivity contribution >= 4 is 23.3 Å². The summed E-state index contributed by atoms with van der Waals surface area (Å²) in [5.41, 5.74) is -0.222. The van der Waals surface area contributed by atoms with Crippen molar-refractivity contribution in [3.05, 3.63) is 16.4 Å². The molecule has 1 unspecified atom stereocenters. The molecule has 0 saturated carbocycles. The fourth-order valence-electron chi connectivity index (χ4n) is 1.49. The third-order valence-corrected chi connectivity index (χ3v) is 3.38. The summed E-state index contributed by atoms with van der Waals surface area (Å²) < 4.78 is 4.89. The first-order valence-electron chi connectivity index (χ1n) is 5.97. The Morgan fingerprint density at radius 3 is 2.89 bits per heavy atom. The minimum absolute atomic E-state index is 0.0300. The monoisotopic (exact) mass is 286 g/mol. The van der Waals surface area contributed by atoms with E-state index in [2.05, 4.69) is 22.2 Å². The Labute approximate surface area is 116 Å². The maximum absolute atomic E-state index is 11.0. The summed E-state index contributed by atoms with van der Waals surface area (Å²) in [4.78, 5) is 18.2. The number of thioether (sulfide) groups is 1. The second kappa shape index (κ2) is 7.78. The zero-order valence-corrected chi connectivity index (χ0v) is 12.1. The molecule has 106 valence electrons. The molecule has 0 aromatic carbocycles. The van der Waals surface area contributed by atoms with Crippen LogP contribution in [0.4, 0.5) is 11.5 Å². The van der Waals surface area contributed by atoms with Crippen molar-refractivity contribution in [1.82, 2.24) is 9.97 Å². The molecule has 0 spiro atoms. The first-order chi connectivity index (χ1) is 9.10. The topological polar surface area (TPSA) is 90.2 Å². The maximum atomic E-state index is 11.0. The van der Waals surface area contributed by atoms with Crippen LogP contribution in [0.3, 0.4) is 0 Å². The number of rotatable bonds is 8. The van der Waals surface area contributed by atoms with Crippen LogP contribution in [-0.2, 0) is 0 Å². The molecule has 0 aliphatic heterocycles. The van der Waals surface area contributed by atoms with Crippen molar-refractivity contribution in [3.8, 4) is 5.88 Å². The molecule has 0 bridgehead atoms. The molecular formula is C11H18N4O3S. The minimum atomic E-state index is -0.533. The smallest absolute Gasteiger partial charge is 0.372 e. The van der Waals surface area contributed by atoms with E-state index in [1.165, 1.54) is 13.4 Å². The van der Waals surface area contributed by atoms with Crippen LogP contribution in [0.15, 0.2) is 6.33 Å². The highest BCUT2D eigenvalue weighted by Gasteiger charge is 2.24.